The van der Waals surface area contributed by atoms with Crippen LogP contribution in [0.4, 0.5) is 0 Å². The molecule has 18 heavy (non-hydrogen) atoms. The van der Waals surface area contributed by atoms with Crippen molar-refractivity contribution < 1.29 is 9.53 Å². The molecule has 0 atom stereocenters. The molecule has 4 bridgehead atoms. The Hall–Kier alpha value is -0.530. The lowest BCUT2D eigenvalue weighted by Crippen LogP contribution is -2.55. The van der Waals surface area contributed by atoms with Gasteiger partial charge in [-0.3, -0.25) is 4.79 Å². The summed E-state index contributed by atoms with van der Waals surface area (Å²) in [6.45, 7) is 6.69. The van der Waals surface area contributed by atoms with Crippen molar-refractivity contribution in [1.29, 1.82) is 0 Å². The SMILES string of the molecule is CCOC(=O)C(C)(C)C12CC3CC(CC(C3)C1)C2. The van der Waals surface area contributed by atoms with Crippen molar-refractivity contribution >= 4 is 5.97 Å². The van der Waals surface area contributed by atoms with E-state index in [4.69, 9.17) is 4.74 Å². The monoisotopic (exact) mass is 250 g/mol. The number of carbonyl (C=O) groups is 1. The van der Waals surface area contributed by atoms with Crippen LogP contribution in [-0.4, -0.2) is 12.6 Å². The summed E-state index contributed by atoms with van der Waals surface area (Å²) in [7, 11) is 0. The Kier molecular flexibility index (Phi) is 2.76. The van der Waals surface area contributed by atoms with E-state index in [9.17, 15) is 4.79 Å². The van der Waals surface area contributed by atoms with Gasteiger partial charge in [0.05, 0.1) is 12.0 Å². The first-order chi connectivity index (χ1) is 8.47. The minimum Gasteiger partial charge on any atom is -0.466 e. The molecule has 4 saturated carbocycles. The smallest absolute Gasteiger partial charge is 0.312 e. The number of hydrogen-bond acceptors (Lipinski definition) is 2. The molecule has 0 N–H and O–H groups in total. The number of esters is 1. The summed E-state index contributed by atoms with van der Waals surface area (Å²) in [6.07, 6.45) is 8.09. The Bertz CT molecular complexity index is 321. The topological polar surface area (TPSA) is 26.3 Å². The summed E-state index contributed by atoms with van der Waals surface area (Å²) >= 11 is 0. The first-order valence-corrected chi connectivity index (χ1v) is 7.64. The largest absolute Gasteiger partial charge is 0.466 e. The fraction of sp³-hybridized carbons (Fsp3) is 0.938. The molecule has 0 aromatic rings. The van der Waals surface area contributed by atoms with Gasteiger partial charge in [0, 0.05) is 0 Å². The lowest BCUT2D eigenvalue weighted by Gasteiger charge is -2.61. The van der Waals surface area contributed by atoms with Gasteiger partial charge in [-0.15, -0.1) is 0 Å². The van der Waals surface area contributed by atoms with Crippen LogP contribution in [0.25, 0.3) is 0 Å². The van der Waals surface area contributed by atoms with Crippen molar-refractivity contribution in [2.75, 3.05) is 6.61 Å². The predicted octanol–water partition coefficient (Wildman–Crippen LogP) is 3.79. The first kappa shape index (κ1) is 12.5. The molecule has 4 aliphatic carbocycles. The molecule has 0 spiro atoms. The average Bonchev–Trinajstić information content (AvgIpc) is 2.27. The Balaban J connectivity index is 1.88. The minimum absolute atomic E-state index is 0.0342. The van der Waals surface area contributed by atoms with Crippen molar-refractivity contribution in [2.45, 2.75) is 59.3 Å². The van der Waals surface area contributed by atoms with Crippen LogP contribution in [0.2, 0.25) is 0 Å². The van der Waals surface area contributed by atoms with Crippen molar-refractivity contribution in [3.05, 3.63) is 0 Å². The molecule has 0 aromatic heterocycles. The molecular formula is C16H26O2. The Morgan fingerprint density at radius 2 is 1.56 bits per heavy atom. The van der Waals surface area contributed by atoms with E-state index in [0.717, 1.165) is 17.8 Å². The highest BCUT2D eigenvalue weighted by Crippen LogP contribution is 2.66. The molecule has 0 heterocycles. The number of ether oxygens (including phenoxy) is 1. The molecule has 2 nitrogen and oxygen atoms in total. The van der Waals surface area contributed by atoms with Crippen LogP contribution in [0.15, 0.2) is 0 Å². The van der Waals surface area contributed by atoms with Gasteiger partial charge in [-0.2, -0.15) is 0 Å². The van der Waals surface area contributed by atoms with E-state index in [1.807, 2.05) is 6.92 Å². The Morgan fingerprint density at radius 3 is 1.94 bits per heavy atom. The summed E-state index contributed by atoms with van der Waals surface area (Å²) in [5.74, 6) is 2.71. The second kappa shape index (κ2) is 3.98. The van der Waals surface area contributed by atoms with Crippen LogP contribution in [0.1, 0.15) is 59.3 Å². The fourth-order valence-electron chi connectivity index (χ4n) is 5.40. The van der Waals surface area contributed by atoms with Crippen LogP contribution in [0, 0.1) is 28.6 Å². The van der Waals surface area contributed by atoms with E-state index >= 15 is 0 Å². The standard InChI is InChI=1S/C16H26O2/c1-4-18-14(17)15(2,3)16-8-11-5-12(9-16)7-13(6-11)10-16/h11-13H,4-10H2,1-3H3. The number of carbonyl (C=O) groups excluding carboxylic acids is 1. The zero-order valence-electron chi connectivity index (χ0n) is 12.0. The minimum atomic E-state index is -0.293. The molecule has 0 aliphatic heterocycles. The van der Waals surface area contributed by atoms with Crippen molar-refractivity contribution in [2.24, 2.45) is 28.6 Å². The maximum atomic E-state index is 12.4. The molecule has 102 valence electrons. The van der Waals surface area contributed by atoms with Crippen molar-refractivity contribution in [3.8, 4) is 0 Å². The van der Waals surface area contributed by atoms with Crippen molar-refractivity contribution in [1.82, 2.24) is 0 Å². The highest BCUT2D eigenvalue weighted by atomic mass is 16.5. The van der Waals surface area contributed by atoms with E-state index in [0.29, 0.717) is 6.61 Å². The zero-order chi connectivity index (χ0) is 13.0. The van der Waals surface area contributed by atoms with Crippen molar-refractivity contribution in [3.63, 3.8) is 0 Å². The number of hydrogen-bond donors (Lipinski definition) is 0. The summed E-state index contributed by atoms with van der Waals surface area (Å²) in [4.78, 5) is 12.4. The molecule has 0 amide bonds. The van der Waals surface area contributed by atoms with Gasteiger partial charge in [-0.1, -0.05) is 0 Å². The highest BCUT2D eigenvalue weighted by Gasteiger charge is 2.59. The Labute approximate surface area is 110 Å². The third-order valence-corrected chi connectivity index (χ3v) is 6.15. The first-order valence-electron chi connectivity index (χ1n) is 7.64. The fourth-order valence-corrected chi connectivity index (χ4v) is 5.40. The van der Waals surface area contributed by atoms with Gasteiger partial charge in [0.15, 0.2) is 0 Å². The predicted molar refractivity (Wildman–Crippen MR) is 71.0 cm³/mol. The maximum Gasteiger partial charge on any atom is 0.312 e. The van der Waals surface area contributed by atoms with Crippen LogP contribution in [0.3, 0.4) is 0 Å². The average molecular weight is 250 g/mol. The van der Waals surface area contributed by atoms with E-state index in [-0.39, 0.29) is 16.8 Å². The van der Waals surface area contributed by atoms with Crippen LogP contribution in [-0.2, 0) is 9.53 Å². The molecular weight excluding hydrogens is 224 g/mol. The lowest BCUT2D eigenvalue weighted by atomic mass is 9.43. The molecule has 4 aliphatic rings. The van der Waals surface area contributed by atoms with Crippen LogP contribution >= 0.6 is 0 Å². The number of rotatable bonds is 3. The highest BCUT2D eigenvalue weighted by molar-refractivity contribution is 5.77. The third kappa shape index (κ3) is 1.64. The van der Waals surface area contributed by atoms with E-state index in [1.165, 1.54) is 38.5 Å². The lowest BCUT2D eigenvalue weighted by molar-refractivity contribution is -0.178. The van der Waals surface area contributed by atoms with Gasteiger partial charge in [-0.25, -0.2) is 0 Å². The van der Waals surface area contributed by atoms with Crippen LogP contribution < -0.4 is 0 Å². The van der Waals surface area contributed by atoms with Gasteiger partial charge < -0.3 is 4.74 Å². The van der Waals surface area contributed by atoms with E-state index in [2.05, 4.69) is 13.8 Å². The third-order valence-electron chi connectivity index (χ3n) is 6.15. The quantitative estimate of drug-likeness (QED) is 0.712. The summed E-state index contributed by atoms with van der Waals surface area (Å²) in [5, 5.41) is 0. The second-order valence-electron chi connectivity index (χ2n) is 7.54. The molecule has 4 rings (SSSR count). The molecule has 0 aromatic carbocycles. The second-order valence-corrected chi connectivity index (χ2v) is 7.54. The van der Waals surface area contributed by atoms with Gasteiger partial charge in [-0.05, 0) is 82.5 Å². The van der Waals surface area contributed by atoms with Crippen LogP contribution in [0.5, 0.6) is 0 Å². The molecule has 0 saturated heterocycles. The molecule has 0 unspecified atom stereocenters. The molecule has 2 heteroatoms. The van der Waals surface area contributed by atoms with Gasteiger partial charge in [0.2, 0.25) is 0 Å². The molecule has 4 fully saturated rings. The summed E-state index contributed by atoms with van der Waals surface area (Å²) in [6, 6.07) is 0. The van der Waals surface area contributed by atoms with Gasteiger partial charge in [0.25, 0.3) is 0 Å². The van der Waals surface area contributed by atoms with Gasteiger partial charge in [0.1, 0.15) is 0 Å². The molecule has 0 radical (unpaired) electrons. The zero-order valence-corrected chi connectivity index (χ0v) is 12.0. The normalized spacial score (nSPS) is 42.1. The summed E-state index contributed by atoms with van der Waals surface area (Å²) in [5.41, 5.74) is -0.0486. The van der Waals surface area contributed by atoms with Gasteiger partial charge >= 0.3 is 5.97 Å². The summed E-state index contributed by atoms with van der Waals surface area (Å²) < 4.78 is 5.36. The Morgan fingerprint density at radius 1 is 1.11 bits per heavy atom. The van der Waals surface area contributed by atoms with E-state index in [1.54, 1.807) is 0 Å². The van der Waals surface area contributed by atoms with E-state index < -0.39 is 0 Å². The maximum absolute atomic E-state index is 12.4.